The van der Waals surface area contributed by atoms with Gasteiger partial charge in [0.15, 0.2) is 5.96 Å². The second-order valence-corrected chi connectivity index (χ2v) is 6.48. The Kier molecular flexibility index (Phi) is 9.00. The average Bonchev–Trinajstić information content (AvgIpc) is 2.52. The predicted octanol–water partition coefficient (Wildman–Crippen LogP) is 2.80. The number of aliphatic imine (C=N–C) groups is 1. The van der Waals surface area contributed by atoms with Crippen molar-refractivity contribution < 1.29 is 0 Å². The number of guanidine groups is 1. The van der Waals surface area contributed by atoms with Crippen molar-refractivity contribution >= 4 is 47.4 Å². The number of rotatable bonds is 5. The van der Waals surface area contributed by atoms with Crippen molar-refractivity contribution in [2.24, 2.45) is 10.7 Å². The summed E-state index contributed by atoms with van der Waals surface area (Å²) in [5, 5.41) is 0. The van der Waals surface area contributed by atoms with Crippen LogP contribution in [0.1, 0.15) is 12.5 Å². The summed E-state index contributed by atoms with van der Waals surface area (Å²) < 4.78 is 0. The van der Waals surface area contributed by atoms with Crippen molar-refractivity contribution in [2.75, 3.05) is 49.1 Å². The van der Waals surface area contributed by atoms with E-state index in [9.17, 15) is 0 Å². The van der Waals surface area contributed by atoms with Crippen LogP contribution >= 0.6 is 35.7 Å². The van der Waals surface area contributed by atoms with Crippen LogP contribution in [0.15, 0.2) is 29.3 Å². The minimum absolute atomic E-state index is 0. The minimum Gasteiger partial charge on any atom is -0.370 e. The molecule has 0 aliphatic carbocycles. The summed E-state index contributed by atoms with van der Waals surface area (Å²) in [6, 6.07) is 8.61. The molecule has 1 aliphatic heterocycles. The Morgan fingerprint density at radius 2 is 2.09 bits per heavy atom. The molecule has 0 bridgehead atoms. The lowest BCUT2D eigenvalue weighted by molar-refractivity contribution is 0.456. The van der Waals surface area contributed by atoms with Crippen molar-refractivity contribution in [3.8, 4) is 0 Å². The number of hydrogen-bond acceptors (Lipinski definition) is 3. The molecular weight excluding hydrogens is 407 g/mol. The molecule has 1 aromatic rings. The van der Waals surface area contributed by atoms with Crippen molar-refractivity contribution in [3.05, 3.63) is 29.8 Å². The van der Waals surface area contributed by atoms with Gasteiger partial charge in [-0.1, -0.05) is 12.1 Å². The van der Waals surface area contributed by atoms with Crippen molar-refractivity contribution in [3.63, 3.8) is 0 Å². The molecule has 2 rings (SSSR count). The molecule has 0 saturated carbocycles. The van der Waals surface area contributed by atoms with E-state index in [1.807, 2.05) is 11.8 Å². The third-order valence-electron chi connectivity index (χ3n) is 3.73. The summed E-state index contributed by atoms with van der Waals surface area (Å²) in [5.41, 5.74) is 8.64. The number of hydrogen-bond donors (Lipinski definition) is 1. The SMILES string of the molecule is CCN(CCN=C(N)N1CCSCC1)c1cccc(C)c1.I. The van der Waals surface area contributed by atoms with Gasteiger partial charge in [-0.2, -0.15) is 11.8 Å². The molecule has 0 unspecified atom stereocenters. The summed E-state index contributed by atoms with van der Waals surface area (Å²) in [6.07, 6.45) is 0. The highest BCUT2D eigenvalue weighted by Crippen LogP contribution is 2.15. The zero-order valence-electron chi connectivity index (χ0n) is 13.5. The molecule has 124 valence electrons. The van der Waals surface area contributed by atoms with Gasteiger partial charge in [0.05, 0.1) is 6.54 Å². The number of likely N-dealkylation sites (N-methyl/N-ethyl adjacent to an activating group) is 1. The second kappa shape index (κ2) is 10.2. The standard InChI is InChI=1S/C16H26N4S.HI/c1-3-19(15-6-4-5-14(2)13-15)8-7-18-16(17)20-9-11-21-12-10-20;/h4-6,13H,3,7-12H2,1-2H3,(H2,17,18);1H. The lowest BCUT2D eigenvalue weighted by atomic mass is 10.2. The molecular formula is C16H27IN4S. The van der Waals surface area contributed by atoms with Gasteiger partial charge in [-0.3, -0.25) is 4.99 Å². The van der Waals surface area contributed by atoms with Crippen LogP contribution < -0.4 is 10.6 Å². The molecule has 1 heterocycles. The summed E-state index contributed by atoms with van der Waals surface area (Å²) in [7, 11) is 0. The van der Waals surface area contributed by atoms with Gasteiger partial charge in [-0.25, -0.2) is 0 Å². The maximum Gasteiger partial charge on any atom is 0.191 e. The molecule has 0 amide bonds. The first kappa shape index (κ1) is 19.4. The van der Waals surface area contributed by atoms with E-state index >= 15 is 0 Å². The normalized spacial score (nSPS) is 15.4. The van der Waals surface area contributed by atoms with Gasteiger partial charge >= 0.3 is 0 Å². The molecule has 6 heteroatoms. The monoisotopic (exact) mass is 434 g/mol. The second-order valence-electron chi connectivity index (χ2n) is 5.26. The molecule has 1 saturated heterocycles. The highest BCUT2D eigenvalue weighted by atomic mass is 127. The molecule has 1 aromatic carbocycles. The van der Waals surface area contributed by atoms with Crippen molar-refractivity contribution in [1.82, 2.24) is 4.90 Å². The molecule has 1 aliphatic rings. The molecule has 22 heavy (non-hydrogen) atoms. The largest absolute Gasteiger partial charge is 0.370 e. The van der Waals surface area contributed by atoms with Gasteiger partial charge in [0, 0.05) is 43.4 Å². The van der Waals surface area contributed by atoms with Gasteiger partial charge in [-0.15, -0.1) is 24.0 Å². The summed E-state index contributed by atoms with van der Waals surface area (Å²) in [6.45, 7) is 8.99. The van der Waals surface area contributed by atoms with Gasteiger partial charge in [0.2, 0.25) is 0 Å². The zero-order chi connectivity index (χ0) is 15.1. The molecule has 0 radical (unpaired) electrons. The van der Waals surface area contributed by atoms with E-state index in [0.29, 0.717) is 5.96 Å². The highest BCUT2D eigenvalue weighted by molar-refractivity contribution is 14.0. The Morgan fingerprint density at radius 1 is 1.36 bits per heavy atom. The van der Waals surface area contributed by atoms with Crippen molar-refractivity contribution in [1.29, 1.82) is 0 Å². The third-order valence-corrected chi connectivity index (χ3v) is 4.67. The Morgan fingerprint density at radius 3 is 2.73 bits per heavy atom. The van der Waals surface area contributed by atoms with E-state index in [0.717, 1.165) is 44.2 Å². The topological polar surface area (TPSA) is 44.9 Å². The van der Waals surface area contributed by atoms with Crippen LogP contribution in [0, 0.1) is 6.92 Å². The third kappa shape index (κ3) is 5.87. The van der Waals surface area contributed by atoms with E-state index in [1.54, 1.807) is 0 Å². The fourth-order valence-electron chi connectivity index (χ4n) is 2.47. The van der Waals surface area contributed by atoms with Crippen LogP contribution in [0.5, 0.6) is 0 Å². The van der Waals surface area contributed by atoms with Crippen LogP contribution in [-0.2, 0) is 0 Å². The van der Waals surface area contributed by atoms with Gasteiger partial charge < -0.3 is 15.5 Å². The summed E-state index contributed by atoms with van der Waals surface area (Å²) >= 11 is 1.99. The van der Waals surface area contributed by atoms with E-state index in [-0.39, 0.29) is 24.0 Å². The number of thioether (sulfide) groups is 1. The Labute approximate surface area is 155 Å². The van der Waals surface area contributed by atoms with Gasteiger partial charge in [0.25, 0.3) is 0 Å². The van der Waals surface area contributed by atoms with Gasteiger partial charge in [-0.05, 0) is 31.5 Å². The van der Waals surface area contributed by atoms with E-state index in [4.69, 9.17) is 5.73 Å². The van der Waals surface area contributed by atoms with Crippen LogP contribution in [0.3, 0.4) is 0 Å². The quantitative estimate of drug-likeness (QED) is 0.440. The van der Waals surface area contributed by atoms with E-state index in [2.05, 4.69) is 52.9 Å². The lowest BCUT2D eigenvalue weighted by Gasteiger charge is -2.27. The minimum atomic E-state index is 0. The molecule has 0 atom stereocenters. The van der Waals surface area contributed by atoms with Crippen LogP contribution in [0.25, 0.3) is 0 Å². The van der Waals surface area contributed by atoms with Crippen LogP contribution in [0.4, 0.5) is 5.69 Å². The number of nitrogens with zero attached hydrogens (tertiary/aromatic N) is 3. The summed E-state index contributed by atoms with van der Waals surface area (Å²) in [4.78, 5) is 9.09. The fourth-order valence-corrected chi connectivity index (χ4v) is 3.38. The summed E-state index contributed by atoms with van der Waals surface area (Å²) in [5.74, 6) is 3.01. The number of anilines is 1. The van der Waals surface area contributed by atoms with Crippen molar-refractivity contribution in [2.45, 2.75) is 13.8 Å². The first-order valence-corrected chi connectivity index (χ1v) is 8.80. The average molecular weight is 434 g/mol. The molecule has 0 aromatic heterocycles. The Hall–Kier alpha value is -0.630. The maximum absolute atomic E-state index is 6.09. The Bertz CT molecular complexity index is 475. The first-order valence-electron chi connectivity index (χ1n) is 7.65. The molecule has 0 spiro atoms. The number of halogens is 1. The smallest absolute Gasteiger partial charge is 0.191 e. The predicted molar refractivity (Wildman–Crippen MR) is 110 cm³/mol. The molecule has 2 N–H and O–H groups in total. The number of nitrogens with two attached hydrogens (primary N) is 1. The van der Waals surface area contributed by atoms with E-state index < -0.39 is 0 Å². The maximum atomic E-state index is 6.09. The Balaban J connectivity index is 0.00000242. The zero-order valence-corrected chi connectivity index (χ0v) is 16.6. The van der Waals surface area contributed by atoms with Crippen LogP contribution in [0.2, 0.25) is 0 Å². The molecule has 4 nitrogen and oxygen atoms in total. The first-order chi connectivity index (χ1) is 10.2. The number of aryl methyl sites for hydroxylation is 1. The van der Waals surface area contributed by atoms with Crippen LogP contribution in [-0.4, -0.2) is 55.1 Å². The van der Waals surface area contributed by atoms with Gasteiger partial charge in [0.1, 0.15) is 0 Å². The molecule has 1 fully saturated rings. The van der Waals surface area contributed by atoms with E-state index in [1.165, 1.54) is 11.3 Å². The lowest BCUT2D eigenvalue weighted by Crippen LogP contribution is -2.43. The fraction of sp³-hybridized carbons (Fsp3) is 0.562. The highest BCUT2D eigenvalue weighted by Gasteiger charge is 2.12. The number of benzene rings is 1.